The SMILES string of the molecule is CCC(C)N1CCC(c2cn(N)c3ccc(C(=O)c4ccsc4)cc23)CC1. The van der Waals surface area contributed by atoms with Crippen molar-refractivity contribution < 1.29 is 4.79 Å². The largest absolute Gasteiger partial charge is 0.339 e. The van der Waals surface area contributed by atoms with Gasteiger partial charge in [0.15, 0.2) is 5.78 Å². The zero-order valence-corrected chi connectivity index (χ0v) is 16.8. The third-order valence-corrected chi connectivity index (χ3v) is 6.78. The van der Waals surface area contributed by atoms with Crippen LogP contribution in [0.25, 0.3) is 10.9 Å². The van der Waals surface area contributed by atoms with Crippen LogP contribution in [0.3, 0.4) is 0 Å². The first kappa shape index (κ1) is 18.3. The predicted octanol–water partition coefficient (Wildman–Crippen LogP) is 4.63. The maximum atomic E-state index is 12.8. The molecule has 142 valence electrons. The number of carbonyl (C=O) groups excluding carboxylic acids is 1. The maximum absolute atomic E-state index is 12.8. The minimum Gasteiger partial charge on any atom is -0.339 e. The van der Waals surface area contributed by atoms with Crippen molar-refractivity contribution >= 4 is 28.0 Å². The van der Waals surface area contributed by atoms with E-state index in [0.717, 1.165) is 48.0 Å². The molecule has 0 saturated carbocycles. The highest BCUT2D eigenvalue weighted by Crippen LogP contribution is 2.35. The highest BCUT2D eigenvalue weighted by Gasteiger charge is 2.26. The Balaban J connectivity index is 1.64. The van der Waals surface area contributed by atoms with E-state index in [9.17, 15) is 4.79 Å². The van der Waals surface area contributed by atoms with Crippen LogP contribution in [-0.2, 0) is 0 Å². The summed E-state index contributed by atoms with van der Waals surface area (Å²) in [6, 6.07) is 8.44. The van der Waals surface area contributed by atoms with Gasteiger partial charge in [0.2, 0.25) is 0 Å². The van der Waals surface area contributed by atoms with Gasteiger partial charge in [-0.3, -0.25) is 9.47 Å². The fraction of sp³-hybridized carbons (Fsp3) is 0.409. The maximum Gasteiger partial charge on any atom is 0.193 e. The van der Waals surface area contributed by atoms with Crippen molar-refractivity contribution in [2.75, 3.05) is 18.9 Å². The Morgan fingerprint density at radius 1 is 1.26 bits per heavy atom. The molecule has 0 aliphatic carbocycles. The Morgan fingerprint density at radius 3 is 2.70 bits per heavy atom. The monoisotopic (exact) mass is 381 g/mol. The van der Waals surface area contributed by atoms with Gasteiger partial charge in [0.1, 0.15) is 0 Å². The number of carbonyl (C=O) groups is 1. The zero-order chi connectivity index (χ0) is 19.0. The highest BCUT2D eigenvalue weighted by atomic mass is 32.1. The zero-order valence-electron chi connectivity index (χ0n) is 16.0. The minimum absolute atomic E-state index is 0.0838. The second-order valence-corrected chi connectivity index (χ2v) is 8.41. The molecule has 1 unspecified atom stereocenters. The summed E-state index contributed by atoms with van der Waals surface area (Å²) < 4.78 is 1.71. The number of piperidine rings is 1. The molecule has 0 spiro atoms. The number of rotatable bonds is 5. The van der Waals surface area contributed by atoms with E-state index in [0.29, 0.717) is 12.0 Å². The molecule has 4 nitrogen and oxygen atoms in total. The van der Waals surface area contributed by atoms with Gasteiger partial charge in [-0.2, -0.15) is 11.3 Å². The van der Waals surface area contributed by atoms with Crippen LogP contribution < -0.4 is 5.84 Å². The van der Waals surface area contributed by atoms with Crippen LogP contribution in [0.2, 0.25) is 0 Å². The lowest BCUT2D eigenvalue weighted by Gasteiger charge is -2.35. The van der Waals surface area contributed by atoms with Gasteiger partial charge < -0.3 is 10.7 Å². The van der Waals surface area contributed by atoms with Gasteiger partial charge in [-0.1, -0.05) is 6.92 Å². The molecule has 3 aromatic rings. The van der Waals surface area contributed by atoms with Crippen LogP contribution in [0.1, 0.15) is 60.5 Å². The van der Waals surface area contributed by atoms with Crippen LogP contribution in [0.5, 0.6) is 0 Å². The van der Waals surface area contributed by atoms with E-state index >= 15 is 0 Å². The fourth-order valence-corrected chi connectivity index (χ4v) is 4.85. The lowest BCUT2D eigenvalue weighted by atomic mass is 9.88. The van der Waals surface area contributed by atoms with E-state index < -0.39 is 0 Å². The normalized spacial score (nSPS) is 17.4. The van der Waals surface area contributed by atoms with E-state index in [1.54, 1.807) is 16.0 Å². The first-order valence-corrected chi connectivity index (χ1v) is 10.7. The Hall–Kier alpha value is -2.11. The molecule has 1 saturated heterocycles. The molecular weight excluding hydrogens is 354 g/mol. The number of thiophene rings is 1. The number of likely N-dealkylation sites (tertiary alicyclic amines) is 1. The average Bonchev–Trinajstić information content (AvgIpc) is 3.35. The number of hydrogen-bond donors (Lipinski definition) is 1. The summed E-state index contributed by atoms with van der Waals surface area (Å²) in [5, 5.41) is 4.98. The van der Waals surface area contributed by atoms with Crippen molar-refractivity contribution in [2.45, 2.75) is 45.1 Å². The Morgan fingerprint density at radius 2 is 2.04 bits per heavy atom. The molecule has 1 fully saturated rings. The summed E-state index contributed by atoms with van der Waals surface area (Å²) in [6.45, 7) is 6.83. The van der Waals surface area contributed by atoms with E-state index in [2.05, 4.69) is 24.9 Å². The molecule has 4 rings (SSSR count). The summed E-state index contributed by atoms with van der Waals surface area (Å²) >= 11 is 1.55. The number of nitrogen functional groups attached to an aromatic ring is 1. The number of nitrogens with two attached hydrogens (primary N) is 1. The lowest BCUT2D eigenvalue weighted by molar-refractivity contribution is 0.103. The Labute approximate surface area is 164 Å². The number of ketones is 1. The molecule has 0 amide bonds. The molecule has 2 aromatic heterocycles. The van der Waals surface area contributed by atoms with Crippen LogP contribution in [0.15, 0.2) is 41.2 Å². The summed E-state index contributed by atoms with van der Waals surface area (Å²) in [7, 11) is 0. The van der Waals surface area contributed by atoms with Crippen molar-refractivity contribution in [1.82, 2.24) is 9.58 Å². The molecule has 2 N–H and O–H groups in total. The number of nitrogens with zero attached hydrogens (tertiary/aromatic N) is 2. The van der Waals surface area contributed by atoms with E-state index in [4.69, 9.17) is 5.84 Å². The van der Waals surface area contributed by atoms with Crippen LogP contribution in [0, 0.1) is 0 Å². The molecule has 1 atom stereocenters. The number of benzene rings is 1. The molecule has 5 heteroatoms. The molecule has 0 radical (unpaired) electrons. The third-order valence-electron chi connectivity index (χ3n) is 6.09. The summed E-state index contributed by atoms with van der Waals surface area (Å²) in [5.41, 5.74) is 3.79. The van der Waals surface area contributed by atoms with Gasteiger partial charge >= 0.3 is 0 Å². The van der Waals surface area contributed by atoms with Crippen molar-refractivity contribution in [3.05, 3.63) is 57.9 Å². The number of hydrogen-bond acceptors (Lipinski definition) is 4. The average molecular weight is 382 g/mol. The number of aromatic nitrogens is 1. The smallest absolute Gasteiger partial charge is 0.193 e. The van der Waals surface area contributed by atoms with Crippen LogP contribution in [0.4, 0.5) is 0 Å². The summed E-state index contributed by atoms with van der Waals surface area (Å²) in [6.07, 6.45) is 5.55. The van der Waals surface area contributed by atoms with E-state index in [1.165, 1.54) is 12.0 Å². The van der Waals surface area contributed by atoms with Crippen LogP contribution in [-0.4, -0.2) is 34.5 Å². The predicted molar refractivity (Wildman–Crippen MR) is 113 cm³/mol. The second kappa shape index (κ2) is 7.49. The van der Waals surface area contributed by atoms with Gasteiger partial charge in [-0.05, 0) is 80.4 Å². The van der Waals surface area contributed by atoms with E-state index in [-0.39, 0.29) is 5.78 Å². The highest BCUT2D eigenvalue weighted by molar-refractivity contribution is 7.08. The summed E-state index contributed by atoms with van der Waals surface area (Å²) in [4.78, 5) is 15.3. The third kappa shape index (κ3) is 3.42. The number of fused-ring (bicyclic) bond motifs is 1. The van der Waals surface area contributed by atoms with Crippen LogP contribution >= 0.6 is 11.3 Å². The topological polar surface area (TPSA) is 51.3 Å². The summed E-state index contributed by atoms with van der Waals surface area (Å²) in [5.74, 6) is 6.81. The van der Waals surface area contributed by atoms with Gasteiger partial charge in [-0.15, -0.1) is 0 Å². The lowest BCUT2D eigenvalue weighted by Crippen LogP contribution is -2.39. The molecule has 1 aliphatic heterocycles. The van der Waals surface area contributed by atoms with Crippen molar-refractivity contribution in [1.29, 1.82) is 0 Å². The Bertz CT molecular complexity index is 936. The minimum atomic E-state index is 0.0838. The molecule has 1 aliphatic rings. The molecule has 0 bridgehead atoms. The fourth-order valence-electron chi connectivity index (χ4n) is 4.22. The molecule has 27 heavy (non-hydrogen) atoms. The first-order valence-electron chi connectivity index (χ1n) is 9.79. The Kier molecular flexibility index (Phi) is 5.06. The van der Waals surface area contributed by atoms with Gasteiger partial charge in [0.25, 0.3) is 0 Å². The first-order chi connectivity index (χ1) is 13.1. The van der Waals surface area contributed by atoms with Gasteiger partial charge in [0.05, 0.1) is 5.52 Å². The molecule has 1 aromatic carbocycles. The van der Waals surface area contributed by atoms with Crippen molar-refractivity contribution in [3.8, 4) is 0 Å². The van der Waals surface area contributed by atoms with E-state index in [1.807, 2.05) is 35.0 Å². The molecule has 3 heterocycles. The van der Waals surface area contributed by atoms with Gasteiger partial charge in [0, 0.05) is 34.1 Å². The standard InChI is InChI=1S/C22H27N3OS/c1-3-15(2)24-9-6-16(7-10-24)20-13-25(23)21-5-4-17(12-19(20)21)22(26)18-8-11-27-14-18/h4-5,8,11-16H,3,6-7,9-10,23H2,1-2H3. The van der Waals surface area contributed by atoms with Gasteiger partial charge in [-0.25, -0.2) is 0 Å². The second-order valence-electron chi connectivity index (χ2n) is 7.63. The van der Waals surface area contributed by atoms with Crippen molar-refractivity contribution in [3.63, 3.8) is 0 Å². The quantitative estimate of drug-likeness (QED) is 0.518. The van der Waals surface area contributed by atoms with Crippen molar-refractivity contribution in [2.24, 2.45) is 0 Å². The molecular formula is C22H27N3OS.